The van der Waals surface area contributed by atoms with E-state index in [4.69, 9.17) is 18.9 Å². The summed E-state index contributed by atoms with van der Waals surface area (Å²) < 4.78 is 20.9. The normalized spacial score (nSPS) is 35.3. The zero-order valence-electron chi connectivity index (χ0n) is 14.3. The molecule has 6 nitrogen and oxygen atoms in total. The number of methoxy groups -OCH3 is 3. The van der Waals surface area contributed by atoms with Crippen molar-refractivity contribution < 1.29 is 28.5 Å². The molecule has 0 amide bonds. The molecule has 0 aliphatic heterocycles. The molecule has 0 aromatic carbocycles. The van der Waals surface area contributed by atoms with Gasteiger partial charge in [0, 0.05) is 25.0 Å². The van der Waals surface area contributed by atoms with Gasteiger partial charge in [-0.25, -0.2) is 4.79 Å². The van der Waals surface area contributed by atoms with Gasteiger partial charge in [-0.1, -0.05) is 0 Å². The first-order valence-electron chi connectivity index (χ1n) is 7.65. The highest BCUT2D eigenvalue weighted by atomic mass is 16.5. The van der Waals surface area contributed by atoms with E-state index >= 15 is 0 Å². The number of carbonyl (C=O) groups excluding carboxylic acids is 2. The van der Waals surface area contributed by atoms with E-state index in [2.05, 4.69) is 0 Å². The van der Waals surface area contributed by atoms with Gasteiger partial charge in [-0.05, 0) is 32.4 Å². The van der Waals surface area contributed by atoms with Crippen molar-refractivity contribution in [1.29, 1.82) is 0 Å². The Morgan fingerprint density at radius 3 is 2.57 bits per heavy atom. The van der Waals surface area contributed by atoms with Crippen LogP contribution in [0.4, 0.5) is 0 Å². The molecule has 0 saturated heterocycles. The lowest BCUT2D eigenvalue weighted by Gasteiger charge is -2.30. The number of hydrogen-bond donors (Lipinski definition) is 0. The van der Waals surface area contributed by atoms with Gasteiger partial charge in [-0.15, -0.1) is 0 Å². The standard InChI is InChI=1S/C17H24O6/c1-6-23-14(18)7-8-17(22-5)11-9-13(20-3)16(2,10-12(11)17)15(19)21-4/h7-9,11-12H,6,10H2,1-5H3/b8-7+/t11-,12+,16+,17-/m0/s1. The van der Waals surface area contributed by atoms with Gasteiger partial charge in [0.25, 0.3) is 0 Å². The molecule has 4 atom stereocenters. The van der Waals surface area contributed by atoms with Crippen LogP contribution in [0.2, 0.25) is 0 Å². The van der Waals surface area contributed by atoms with E-state index < -0.39 is 17.0 Å². The maximum atomic E-state index is 12.2. The Kier molecular flexibility index (Phi) is 4.84. The van der Waals surface area contributed by atoms with Gasteiger partial charge < -0.3 is 18.9 Å². The van der Waals surface area contributed by atoms with Crippen molar-refractivity contribution in [2.45, 2.75) is 25.9 Å². The largest absolute Gasteiger partial charge is 0.500 e. The molecule has 2 aliphatic rings. The number of fused-ring (bicyclic) bond motifs is 1. The molecule has 0 unspecified atom stereocenters. The lowest BCUT2D eigenvalue weighted by atomic mass is 9.78. The van der Waals surface area contributed by atoms with Gasteiger partial charge >= 0.3 is 11.9 Å². The second-order valence-corrected chi connectivity index (χ2v) is 6.04. The maximum Gasteiger partial charge on any atom is 0.330 e. The zero-order chi connectivity index (χ0) is 17.3. The second-order valence-electron chi connectivity index (χ2n) is 6.04. The van der Waals surface area contributed by atoms with Gasteiger partial charge in [0.1, 0.15) is 11.2 Å². The van der Waals surface area contributed by atoms with E-state index in [9.17, 15) is 9.59 Å². The fourth-order valence-corrected chi connectivity index (χ4v) is 3.59. The summed E-state index contributed by atoms with van der Waals surface area (Å²) in [6, 6.07) is 0. The van der Waals surface area contributed by atoms with Gasteiger partial charge in [-0.3, -0.25) is 4.79 Å². The Balaban J connectivity index is 2.26. The summed E-state index contributed by atoms with van der Waals surface area (Å²) in [7, 11) is 4.51. The first-order valence-corrected chi connectivity index (χ1v) is 7.65. The van der Waals surface area contributed by atoms with Crippen LogP contribution in [0.1, 0.15) is 20.3 Å². The zero-order valence-corrected chi connectivity index (χ0v) is 14.3. The minimum atomic E-state index is -0.845. The summed E-state index contributed by atoms with van der Waals surface area (Å²) in [6.07, 6.45) is 5.56. The Labute approximate surface area is 136 Å². The topological polar surface area (TPSA) is 71.1 Å². The highest BCUT2D eigenvalue weighted by molar-refractivity contribution is 5.83. The van der Waals surface area contributed by atoms with E-state index in [1.165, 1.54) is 13.2 Å². The van der Waals surface area contributed by atoms with Gasteiger partial charge in [-0.2, -0.15) is 0 Å². The molecular weight excluding hydrogens is 300 g/mol. The van der Waals surface area contributed by atoms with Crippen molar-refractivity contribution in [2.24, 2.45) is 17.3 Å². The van der Waals surface area contributed by atoms with Gasteiger partial charge in [0.15, 0.2) is 0 Å². The highest BCUT2D eigenvalue weighted by Gasteiger charge is 2.68. The van der Waals surface area contributed by atoms with E-state index in [1.807, 2.05) is 6.08 Å². The van der Waals surface area contributed by atoms with Crippen LogP contribution < -0.4 is 0 Å². The van der Waals surface area contributed by atoms with Gasteiger partial charge in [0.05, 0.1) is 26.4 Å². The van der Waals surface area contributed by atoms with Crippen LogP contribution >= 0.6 is 0 Å². The molecule has 0 radical (unpaired) electrons. The molecule has 1 fully saturated rings. The molecule has 6 heteroatoms. The van der Waals surface area contributed by atoms with E-state index in [0.717, 1.165) is 0 Å². The molecule has 0 heterocycles. The van der Waals surface area contributed by atoms with E-state index in [-0.39, 0.29) is 17.8 Å². The molecule has 0 N–H and O–H groups in total. The summed E-state index contributed by atoms with van der Waals surface area (Å²) in [5.41, 5.74) is -1.45. The third-order valence-electron chi connectivity index (χ3n) is 4.90. The monoisotopic (exact) mass is 324 g/mol. The average molecular weight is 324 g/mol. The molecule has 2 aliphatic carbocycles. The molecule has 2 rings (SSSR count). The highest BCUT2D eigenvalue weighted by Crippen LogP contribution is 2.64. The molecule has 23 heavy (non-hydrogen) atoms. The number of hydrogen-bond acceptors (Lipinski definition) is 6. The third-order valence-corrected chi connectivity index (χ3v) is 4.90. The summed E-state index contributed by atoms with van der Waals surface area (Å²) in [6.45, 7) is 3.88. The predicted octanol–water partition coefficient (Wildman–Crippen LogP) is 1.85. The fourth-order valence-electron chi connectivity index (χ4n) is 3.59. The minimum absolute atomic E-state index is 0.0610. The lowest BCUT2D eigenvalue weighted by molar-refractivity contribution is -0.152. The van der Waals surface area contributed by atoms with Crippen LogP contribution in [-0.4, -0.2) is 45.5 Å². The number of esters is 2. The quantitative estimate of drug-likeness (QED) is 0.548. The Morgan fingerprint density at radius 2 is 2.04 bits per heavy atom. The number of carbonyl (C=O) groups is 2. The predicted molar refractivity (Wildman–Crippen MR) is 82.3 cm³/mol. The van der Waals surface area contributed by atoms with Crippen molar-refractivity contribution in [1.82, 2.24) is 0 Å². The molecular formula is C17H24O6. The second kappa shape index (κ2) is 6.35. The molecule has 1 saturated carbocycles. The smallest absolute Gasteiger partial charge is 0.330 e. The fraction of sp³-hybridized carbons (Fsp3) is 0.647. The van der Waals surface area contributed by atoms with E-state index in [0.29, 0.717) is 18.8 Å². The molecule has 128 valence electrons. The van der Waals surface area contributed by atoms with Crippen molar-refractivity contribution >= 4 is 11.9 Å². The molecule has 0 spiro atoms. The van der Waals surface area contributed by atoms with E-state index in [1.54, 1.807) is 34.1 Å². The lowest BCUT2D eigenvalue weighted by Crippen LogP contribution is -2.34. The van der Waals surface area contributed by atoms with Crippen LogP contribution in [0, 0.1) is 17.3 Å². The first-order chi connectivity index (χ1) is 10.9. The number of rotatable bonds is 6. The Bertz CT molecular complexity index is 551. The summed E-state index contributed by atoms with van der Waals surface area (Å²) in [5, 5.41) is 0. The van der Waals surface area contributed by atoms with Crippen LogP contribution in [0.15, 0.2) is 24.0 Å². The SMILES string of the molecule is CCOC(=O)/C=C/[C@@]1(OC)[C@@H]2C[C@@](C)(C(=O)OC)C(OC)=C[C@@H]21. The van der Waals surface area contributed by atoms with Crippen molar-refractivity contribution in [3.8, 4) is 0 Å². The van der Waals surface area contributed by atoms with Crippen molar-refractivity contribution in [2.75, 3.05) is 27.9 Å². The summed E-state index contributed by atoms with van der Waals surface area (Å²) in [4.78, 5) is 23.8. The van der Waals surface area contributed by atoms with Crippen LogP contribution in [0.3, 0.4) is 0 Å². The average Bonchev–Trinajstić information content (AvgIpc) is 3.17. The third kappa shape index (κ3) is 2.76. The summed E-state index contributed by atoms with van der Waals surface area (Å²) >= 11 is 0. The Hall–Kier alpha value is -1.82. The van der Waals surface area contributed by atoms with Crippen LogP contribution in [0.25, 0.3) is 0 Å². The first kappa shape index (κ1) is 17.5. The van der Waals surface area contributed by atoms with Crippen molar-refractivity contribution in [3.05, 3.63) is 24.0 Å². The van der Waals surface area contributed by atoms with Crippen LogP contribution in [-0.2, 0) is 28.5 Å². The van der Waals surface area contributed by atoms with Crippen molar-refractivity contribution in [3.63, 3.8) is 0 Å². The summed E-state index contributed by atoms with van der Waals surface area (Å²) in [5.74, 6) is -0.0179. The minimum Gasteiger partial charge on any atom is -0.500 e. The molecule has 0 bridgehead atoms. The number of ether oxygens (including phenoxy) is 4. The maximum absolute atomic E-state index is 12.2. The molecule has 0 aromatic rings. The van der Waals surface area contributed by atoms with Crippen LogP contribution in [0.5, 0.6) is 0 Å². The van der Waals surface area contributed by atoms with Gasteiger partial charge in [0.2, 0.25) is 0 Å². The molecule has 0 aromatic heterocycles. The Morgan fingerprint density at radius 1 is 1.35 bits per heavy atom.